The van der Waals surface area contributed by atoms with Gasteiger partial charge in [0.1, 0.15) is 5.75 Å². The molecule has 0 bridgehead atoms. The van der Waals surface area contributed by atoms with Gasteiger partial charge in [0.25, 0.3) is 0 Å². The molecule has 0 radical (unpaired) electrons. The summed E-state index contributed by atoms with van der Waals surface area (Å²) in [6.07, 6.45) is 3.50. The second-order valence-corrected chi connectivity index (χ2v) is 8.09. The molecule has 1 atom stereocenters. The second-order valence-electron chi connectivity index (χ2n) is 7.65. The zero-order valence-corrected chi connectivity index (χ0v) is 18.7. The summed E-state index contributed by atoms with van der Waals surface area (Å²) in [4.78, 5) is 7.34. The molecule has 0 aliphatic heterocycles. The molecule has 1 aromatic heterocycles. The molecule has 0 saturated heterocycles. The topological polar surface area (TPSA) is 37.4 Å². The minimum Gasteiger partial charge on any atom is -0.497 e. The standard InChI is InChI=1S/C24H32ClN3O/c1-5-13-28(6-2)14-7-8-17(3)26-24-20-11-9-18(25)15-23(20)27-22-12-10-19(29-4)16-21(22)24/h9-12,15-17H,5-8,13-14H2,1-4H3,(H,26,27). The lowest BCUT2D eigenvalue weighted by Crippen LogP contribution is -2.26. The summed E-state index contributed by atoms with van der Waals surface area (Å²) in [5.41, 5.74) is 2.95. The predicted octanol–water partition coefficient (Wildman–Crippen LogP) is 6.36. The Bertz CT molecular complexity index is 960. The van der Waals surface area contributed by atoms with Crippen molar-refractivity contribution in [3.8, 4) is 5.75 Å². The van der Waals surface area contributed by atoms with Crippen LogP contribution < -0.4 is 10.1 Å². The minimum atomic E-state index is 0.353. The van der Waals surface area contributed by atoms with E-state index in [1.54, 1.807) is 7.11 Å². The Morgan fingerprint density at radius 2 is 1.90 bits per heavy atom. The van der Waals surface area contributed by atoms with Crippen LogP contribution in [0.5, 0.6) is 5.75 Å². The van der Waals surface area contributed by atoms with E-state index >= 15 is 0 Å². The number of pyridine rings is 1. The number of rotatable bonds is 10. The van der Waals surface area contributed by atoms with Gasteiger partial charge in [-0.25, -0.2) is 4.98 Å². The molecule has 156 valence electrons. The third kappa shape index (κ3) is 5.31. The third-order valence-corrected chi connectivity index (χ3v) is 5.67. The van der Waals surface area contributed by atoms with E-state index in [1.165, 1.54) is 19.4 Å². The summed E-state index contributed by atoms with van der Waals surface area (Å²) in [6.45, 7) is 10.2. The van der Waals surface area contributed by atoms with E-state index in [-0.39, 0.29) is 0 Å². The molecule has 0 saturated carbocycles. The fourth-order valence-corrected chi connectivity index (χ4v) is 4.03. The largest absolute Gasteiger partial charge is 0.497 e. The normalized spacial score (nSPS) is 12.6. The van der Waals surface area contributed by atoms with Gasteiger partial charge >= 0.3 is 0 Å². The molecule has 3 aromatic rings. The lowest BCUT2D eigenvalue weighted by atomic mass is 10.1. The van der Waals surface area contributed by atoms with E-state index < -0.39 is 0 Å². The first-order valence-corrected chi connectivity index (χ1v) is 11.0. The van der Waals surface area contributed by atoms with Gasteiger partial charge in [-0.15, -0.1) is 0 Å². The van der Waals surface area contributed by atoms with Crippen LogP contribution in [0.3, 0.4) is 0 Å². The number of benzene rings is 2. The molecule has 5 heteroatoms. The van der Waals surface area contributed by atoms with Crippen molar-refractivity contribution >= 4 is 39.1 Å². The van der Waals surface area contributed by atoms with Crippen molar-refractivity contribution in [1.29, 1.82) is 0 Å². The number of ether oxygens (including phenoxy) is 1. The highest BCUT2D eigenvalue weighted by Gasteiger charge is 2.13. The van der Waals surface area contributed by atoms with Crippen LogP contribution in [0.25, 0.3) is 21.8 Å². The van der Waals surface area contributed by atoms with Gasteiger partial charge in [-0.05, 0) is 82.2 Å². The van der Waals surface area contributed by atoms with Gasteiger partial charge in [0.05, 0.1) is 23.8 Å². The predicted molar refractivity (Wildman–Crippen MR) is 126 cm³/mol. The summed E-state index contributed by atoms with van der Waals surface area (Å²) in [7, 11) is 1.70. The molecule has 0 amide bonds. The van der Waals surface area contributed by atoms with E-state index in [0.717, 1.165) is 52.8 Å². The van der Waals surface area contributed by atoms with Gasteiger partial charge in [0.15, 0.2) is 0 Å². The number of nitrogens with zero attached hydrogens (tertiary/aromatic N) is 2. The summed E-state index contributed by atoms with van der Waals surface area (Å²) in [6, 6.07) is 12.3. The van der Waals surface area contributed by atoms with Crippen molar-refractivity contribution in [2.75, 3.05) is 32.1 Å². The lowest BCUT2D eigenvalue weighted by molar-refractivity contribution is 0.281. The summed E-state index contributed by atoms with van der Waals surface area (Å²) in [5, 5.41) is 6.63. The second kappa shape index (κ2) is 10.1. The summed E-state index contributed by atoms with van der Waals surface area (Å²) < 4.78 is 5.46. The van der Waals surface area contributed by atoms with E-state index in [9.17, 15) is 0 Å². The molecule has 0 fully saturated rings. The zero-order valence-electron chi connectivity index (χ0n) is 18.0. The summed E-state index contributed by atoms with van der Waals surface area (Å²) in [5.74, 6) is 0.835. The average Bonchev–Trinajstić information content (AvgIpc) is 2.72. The Morgan fingerprint density at radius 1 is 1.07 bits per heavy atom. The molecular weight excluding hydrogens is 382 g/mol. The quantitative estimate of drug-likeness (QED) is 0.392. The molecular formula is C24H32ClN3O. The number of halogens is 1. The Kier molecular flexibility index (Phi) is 7.57. The Balaban J connectivity index is 1.87. The highest BCUT2D eigenvalue weighted by Crippen LogP contribution is 2.34. The van der Waals surface area contributed by atoms with E-state index in [0.29, 0.717) is 11.1 Å². The van der Waals surface area contributed by atoms with Crippen LogP contribution in [0.1, 0.15) is 40.0 Å². The highest BCUT2D eigenvalue weighted by molar-refractivity contribution is 6.31. The first kappa shape index (κ1) is 21.7. The van der Waals surface area contributed by atoms with Gasteiger partial charge in [-0.1, -0.05) is 25.4 Å². The zero-order chi connectivity index (χ0) is 20.8. The van der Waals surface area contributed by atoms with Crippen molar-refractivity contribution in [3.63, 3.8) is 0 Å². The van der Waals surface area contributed by atoms with Gasteiger partial charge in [-0.3, -0.25) is 0 Å². The average molecular weight is 414 g/mol. The first-order chi connectivity index (χ1) is 14.0. The smallest absolute Gasteiger partial charge is 0.119 e. The van der Waals surface area contributed by atoms with Crippen LogP contribution >= 0.6 is 11.6 Å². The highest BCUT2D eigenvalue weighted by atomic mass is 35.5. The van der Waals surface area contributed by atoms with Crippen molar-refractivity contribution < 1.29 is 4.74 Å². The maximum absolute atomic E-state index is 6.23. The number of aromatic nitrogens is 1. The molecule has 1 unspecified atom stereocenters. The Morgan fingerprint density at radius 3 is 2.62 bits per heavy atom. The number of anilines is 1. The van der Waals surface area contributed by atoms with E-state index in [2.05, 4.69) is 43.1 Å². The van der Waals surface area contributed by atoms with Crippen LogP contribution in [0.2, 0.25) is 5.02 Å². The van der Waals surface area contributed by atoms with Crippen molar-refractivity contribution in [3.05, 3.63) is 41.4 Å². The van der Waals surface area contributed by atoms with Gasteiger partial charge < -0.3 is 15.0 Å². The minimum absolute atomic E-state index is 0.353. The van der Waals surface area contributed by atoms with Crippen LogP contribution in [-0.4, -0.2) is 42.7 Å². The lowest BCUT2D eigenvalue weighted by Gasteiger charge is -2.22. The van der Waals surface area contributed by atoms with Crippen molar-refractivity contribution in [2.45, 2.75) is 46.1 Å². The van der Waals surface area contributed by atoms with Crippen LogP contribution in [-0.2, 0) is 0 Å². The number of hydrogen-bond acceptors (Lipinski definition) is 4. The number of fused-ring (bicyclic) bond motifs is 2. The first-order valence-electron chi connectivity index (χ1n) is 10.6. The number of methoxy groups -OCH3 is 1. The van der Waals surface area contributed by atoms with Crippen LogP contribution in [0.4, 0.5) is 5.69 Å². The van der Waals surface area contributed by atoms with Crippen molar-refractivity contribution in [2.24, 2.45) is 0 Å². The Hall–Kier alpha value is -2.04. The molecule has 4 nitrogen and oxygen atoms in total. The van der Waals surface area contributed by atoms with Crippen LogP contribution in [0, 0.1) is 0 Å². The third-order valence-electron chi connectivity index (χ3n) is 5.43. The van der Waals surface area contributed by atoms with Crippen LogP contribution in [0.15, 0.2) is 36.4 Å². The molecule has 29 heavy (non-hydrogen) atoms. The number of hydrogen-bond donors (Lipinski definition) is 1. The van der Waals surface area contributed by atoms with Gasteiger partial charge in [0.2, 0.25) is 0 Å². The fraction of sp³-hybridized carbons (Fsp3) is 0.458. The fourth-order valence-electron chi connectivity index (χ4n) is 3.86. The van der Waals surface area contributed by atoms with E-state index in [1.807, 2.05) is 24.3 Å². The van der Waals surface area contributed by atoms with Gasteiger partial charge in [-0.2, -0.15) is 0 Å². The van der Waals surface area contributed by atoms with Crippen molar-refractivity contribution in [1.82, 2.24) is 9.88 Å². The molecule has 2 aromatic carbocycles. The summed E-state index contributed by atoms with van der Waals surface area (Å²) >= 11 is 6.23. The number of nitrogens with one attached hydrogen (secondary N) is 1. The SMILES string of the molecule is CCCN(CC)CCCC(C)Nc1c2ccc(Cl)cc2nc2ccc(OC)cc12. The molecule has 3 rings (SSSR count). The molecule has 0 spiro atoms. The van der Waals surface area contributed by atoms with E-state index in [4.69, 9.17) is 21.3 Å². The Labute approximate surface area is 179 Å². The molecule has 1 N–H and O–H groups in total. The maximum Gasteiger partial charge on any atom is 0.119 e. The molecule has 0 aliphatic carbocycles. The molecule has 0 aliphatic rings. The van der Waals surface area contributed by atoms with Gasteiger partial charge in [0, 0.05) is 21.8 Å². The maximum atomic E-state index is 6.23. The molecule has 1 heterocycles. The monoisotopic (exact) mass is 413 g/mol.